The Hall–Kier alpha value is -0.740. The molecule has 0 spiro atoms. The molecule has 18 heavy (non-hydrogen) atoms. The maximum atomic E-state index is 13.7. The third-order valence-electron chi connectivity index (χ3n) is 2.64. The van der Waals surface area contributed by atoms with Crippen LogP contribution in [0.2, 0.25) is 5.02 Å². The Balaban J connectivity index is 1.97. The molecule has 1 heterocycles. The first-order chi connectivity index (χ1) is 8.56. The fourth-order valence-corrected chi connectivity index (χ4v) is 3.29. The molecule has 2 rings (SSSR count). The van der Waals surface area contributed by atoms with Crippen molar-refractivity contribution >= 4 is 34.2 Å². The normalized spacial score (nSPS) is 19.2. The third-order valence-corrected chi connectivity index (χ3v) is 4.07. The van der Waals surface area contributed by atoms with Crippen molar-refractivity contribution < 1.29 is 4.39 Å². The second-order valence-electron chi connectivity index (χ2n) is 4.74. The van der Waals surface area contributed by atoms with Crippen LogP contribution in [-0.4, -0.2) is 17.0 Å². The van der Waals surface area contributed by atoms with Gasteiger partial charge in [-0.15, -0.1) is 0 Å². The summed E-state index contributed by atoms with van der Waals surface area (Å²) in [7, 11) is 0. The summed E-state index contributed by atoms with van der Waals surface area (Å²) in [6.07, 6.45) is 1.12. The number of halogens is 2. The molecule has 98 valence electrons. The SMILES string of the molecule is CC(C)CC1CN=C(Nc2cccc(Cl)c2F)S1. The van der Waals surface area contributed by atoms with E-state index in [1.807, 2.05) is 0 Å². The zero-order valence-corrected chi connectivity index (χ0v) is 12.0. The second kappa shape index (κ2) is 5.93. The molecule has 0 bridgehead atoms. The van der Waals surface area contributed by atoms with Crippen LogP contribution in [0, 0.1) is 11.7 Å². The largest absolute Gasteiger partial charge is 0.333 e. The average molecular weight is 287 g/mol. The summed E-state index contributed by atoms with van der Waals surface area (Å²) in [5.41, 5.74) is 0.388. The zero-order valence-electron chi connectivity index (χ0n) is 10.4. The molecule has 2 nitrogen and oxygen atoms in total. The Morgan fingerprint density at radius 1 is 1.56 bits per heavy atom. The molecule has 0 saturated carbocycles. The minimum Gasteiger partial charge on any atom is -0.333 e. The van der Waals surface area contributed by atoms with Crippen molar-refractivity contribution in [2.24, 2.45) is 10.9 Å². The summed E-state index contributed by atoms with van der Waals surface area (Å²) in [5.74, 6) is 0.231. The van der Waals surface area contributed by atoms with E-state index in [-0.39, 0.29) is 5.02 Å². The molecule has 1 atom stereocenters. The molecule has 1 aliphatic rings. The summed E-state index contributed by atoms with van der Waals surface area (Å²) < 4.78 is 13.7. The van der Waals surface area contributed by atoms with Gasteiger partial charge in [0.05, 0.1) is 17.3 Å². The summed E-state index contributed by atoms with van der Waals surface area (Å²) in [5, 5.41) is 4.41. The molecule has 1 N–H and O–H groups in total. The predicted octanol–water partition coefficient (Wildman–Crippen LogP) is 4.41. The quantitative estimate of drug-likeness (QED) is 0.890. The minimum absolute atomic E-state index is 0.127. The highest BCUT2D eigenvalue weighted by Crippen LogP contribution is 2.29. The van der Waals surface area contributed by atoms with Crippen molar-refractivity contribution in [3.05, 3.63) is 29.0 Å². The molecule has 0 amide bonds. The van der Waals surface area contributed by atoms with Gasteiger partial charge in [-0.1, -0.05) is 43.3 Å². The third kappa shape index (κ3) is 3.39. The van der Waals surface area contributed by atoms with Crippen LogP contribution in [0.15, 0.2) is 23.2 Å². The molecule has 0 aromatic heterocycles. The van der Waals surface area contributed by atoms with E-state index in [2.05, 4.69) is 24.2 Å². The van der Waals surface area contributed by atoms with E-state index in [9.17, 15) is 4.39 Å². The first kappa shape index (κ1) is 13.7. The van der Waals surface area contributed by atoms with E-state index < -0.39 is 5.82 Å². The summed E-state index contributed by atoms with van der Waals surface area (Å²) >= 11 is 7.41. The van der Waals surface area contributed by atoms with Gasteiger partial charge in [0, 0.05) is 5.25 Å². The van der Waals surface area contributed by atoms with Crippen molar-refractivity contribution in [3.8, 4) is 0 Å². The number of nitrogens with one attached hydrogen (secondary N) is 1. The Morgan fingerprint density at radius 3 is 3.06 bits per heavy atom. The number of amidine groups is 1. The molecule has 1 aromatic carbocycles. The summed E-state index contributed by atoms with van der Waals surface area (Å²) in [6.45, 7) is 5.19. The van der Waals surface area contributed by atoms with Crippen LogP contribution in [0.3, 0.4) is 0 Å². The Morgan fingerprint density at radius 2 is 2.33 bits per heavy atom. The number of hydrogen-bond donors (Lipinski definition) is 1. The topological polar surface area (TPSA) is 24.4 Å². The summed E-state index contributed by atoms with van der Waals surface area (Å²) in [4.78, 5) is 4.40. The maximum absolute atomic E-state index is 13.7. The smallest absolute Gasteiger partial charge is 0.165 e. The van der Waals surface area contributed by atoms with Crippen LogP contribution < -0.4 is 5.32 Å². The molecule has 0 aliphatic carbocycles. The molecular weight excluding hydrogens is 271 g/mol. The zero-order chi connectivity index (χ0) is 13.1. The fraction of sp³-hybridized carbons (Fsp3) is 0.462. The first-order valence-corrected chi connectivity index (χ1v) is 7.24. The number of thioether (sulfide) groups is 1. The van der Waals surface area contributed by atoms with Crippen LogP contribution in [0.4, 0.5) is 10.1 Å². The van der Waals surface area contributed by atoms with E-state index in [0.717, 1.165) is 18.1 Å². The van der Waals surface area contributed by atoms with Crippen molar-refractivity contribution in [3.63, 3.8) is 0 Å². The van der Waals surface area contributed by atoms with E-state index in [1.54, 1.807) is 23.9 Å². The predicted molar refractivity (Wildman–Crippen MR) is 78.2 cm³/mol. The molecule has 0 saturated heterocycles. The first-order valence-electron chi connectivity index (χ1n) is 5.98. The van der Waals surface area contributed by atoms with Crippen molar-refractivity contribution in [2.75, 3.05) is 11.9 Å². The molecule has 1 aliphatic heterocycles. The molecular formula is C13H16ClFN2S. The van der Waals surface area contributed by atoms with Gasteiger partial charge in [0.2, 0.25) is 0 Å². The molecule has 0 fully saturated rings. The van der Waals surface area contributed by atoms with Gasteiger partial charge in [0.25, 0.3) is 0 Å². The number of anilines is 1. The maximum Gasteiger partial charge on any atom is 0.165 e. The molecule has 5 heteroatoms. The van der Waals surface area contributed by atoms with E-state index in [1.165, 1.54) is 6.07 Å². The Labute approximate surface area is 116 Å². The lowest BCUT2D eigenvalue weighted by Gasteiger charge is -2.11. The molecule has 0 radical (unpaired) electrons. The highest BCUT2D eigenvalue weighted by atomic mass is 35.5. The number of hydrogen-bond acceptors (Lipinski definition) is 3. The van der Waals surface area contributed by atoms with Crippen molar-refractivity contribution in [1.29, 1.82) is 0 Å². The monoisotopic (exact) mass is 286 g/mol. The molecule has 1 aromatic rings. The number of nitrogens with zero attached hydrogens (tertiary/aromatic N) is 1. The van der Waals surface area contributed by atoms with Gasteiger partial charge in [-0.3, -0.25) is 4.99 Å². The Bertz CT molecular complexity index is 462. The van der Waals surface area contributed by atoms with E-state index in [0.29, 0.717) is 16.9 Å². The van der Waals surface area contributed by atoms with Gasteiger partial charge in [0.15, 0.2) is 11.0 Å². The highest BCUT2D eigenvalue weighted by Gasteiger charge is 2.21. The van der Waals surface area contributed by atoms with Crippen LogP contribution in [0.5, 0.6) is 0 Å². The van der Waals surface area contributed by atoms with Crippen LogP contribution >= 0.6 is 23.4 Å². The lowest BCUT2D eigenvalue weighted by atomic mass is 10.1. The van der Waals surface area contributed by atoms with Gasteiger partial charge >= 0.3 is 0 Å². The van der Waals surface area contributed by atoms with Crippen LogP contribution in [0.25, 0.3) is 0 Å². The van der Waals surface area contributed by atoms with Gasteiger partial charge in [-0.25, -0.2) is 4.39 Å². The van der Waals surface area contributed by atoms with Gasteiger partial charge in [-0.05, 0) is 24.5 Å². The van der Waals surface area contributed by atoms with Gasteiger partial charge in [-0.2, -0.15) is 0 Å². The Kier molecular flexibility index (Phi) is 4.51. The standard InChI is InChI=1S/C13H16ClFN2S/c1-8(2)6-9-7-16-13(18-9)17-11-5-3-4-10(14)12(11)15/h3-5,8-9H,6-7H2,1-2H3,(H,16,17). The summed E-state index contributed by atoms with van der Waals surface area (Å²) in [6, 6.07) is 4.92. The second-order valence-corrected chi connectivity index (χ2v) is 6.44. The van der Waals surface area contributed by atoms with Gasteiger partial charge in [0.1, 0.15) is 0 Å². The lowest BCUT2D eigenvalue weighted by Crippen LogP contribution is -2.10. The van der Waals surface area contributed by atoms with E-state index >= 15 is 0 Å². The van der Waals surface area contributed by atoms with Crippen LogP contribution in [0.1, 0.15) is 20.3 Å². The average Bonchev–Trinajstić information content (AvgIpc) is 2.71. The number of rotatable bonds is 3. The lowest BCUT2D eigenvalue weighted by molar-refractivity contribution is 0.575. The van der Waals surface area contributed by atoms with E-state index in [4.69, 9.17) is 11.6 Å². The minimum atomic E-state index is -0.422. The van der Waals surface area contributed by atoms with Crippen molar-refractivity contribution in [2.45, 2.75) is 25.5 Å². The van der Waals surface area contributed by atoms with Crippen LogP contribution in [-0.2, 0) is 0 Å². The van der Waals surface area contributed by atoms with Crippen molar-refractivity contribution in [1.82, 2.24) is 0 Å². The number of benzene rings is 1. The highest BCUT2D eigenvalue weighted by molar-refractivity contribution is 8.15. The fourth-order valence-electron chi connectivity index (χ4n) is 1.85. The van der Waals surface area contributed by atoms with Gasteiger partial charge < -0.3 is 5.32 Å². The number of aliphatic imine (C=N–C) groups is 1. The molecule has 1 unspecified atom stereocenters.